The van der Waals surface area contributed by atoms with Gasteiger partial charge >= 0.3 is 0 Å². The highest BCUT2D eigenvalue weighted by atomic mass is 35.5. The van der Waals surface area contributed by atoms with Gasteiger partial charge in [-0.2, -0.15) is 5.10 Å². The van der Waals surface area contributed by atoms with Gasteiger partial charge in [-0.1, -0.05) is 101 Å². The van der Waals surface area contributed by atoms with E-state index in [1.54, 1.807) is 18.0 Å². The molecule has 0 saturated heterocycles. The van der Waals surface area contributed by atoms with E-state index in [4.69, 9.17) is 16.3 Å². The lowest BCUT2D eigenvalue weighted by Crippen LogP contribution is -2.19. The molecule has 0 aliphatic carbocycles. The van der Waals surface area contributed by atoms with Gasteiger partial charge in [-0.25, -0.2) is 5.43 Å². The van der Waals surface area contributed by atoms with Crippen molar-refractivity contribution in [1.29, 1.82) is 0 Å². The molecule has 0 bridgehead atoms. The second-order valence-corrected chi connectivity index (χ2v) is 11.0. The van der Waals surface area contributed by atoms with Gasteiger partial charge in [0.15, 0.2) is 8.68 Å². The van der Waals surface area contributed by atoms with E-state index in [0.29, 0.717) is 6.61 Å². The molecular weight excluding hydrogens is 520 g/mol. The van der Waals surface area contributed by atoms with E-state index in [9.17, 15) is 4.79 Å². The quantitative estimate of drug-likeness (QED) is 0.136. The van der Waals surface area contributed by atoms with Gasteiger partial charge in [0.1, 0.15) is 12.4 Å². The fourth-order valence-corrected chi connectivity index (χ4v) is 5.70. The molecule has 35 heavy (non-hydrogen) atoms. The van der Waals surface area contributed by atoms with Crippen molar-refractivity contribution in [2.24, 2.45) is 5.10 Å². The van der Waals surface area contributed by atoms with Crippen molar-refractivity contribution >= 4 is 58.6 Å². The first-order chi connectivity index (χ1) is 17.1. The second kappa shape index (κ2) is 13.3. The monoisotopic (exact) mass is 540 g/mol. The third-order valence-electron chi connectivity index (χ3n) is 4.50. The van der Waals surface area contributed by atoms with E-state index in [1.807, 2.05) is 78.9 Å². The summed E-state index contributed by atoms with van der Waals surface area (Å²) in [6.45, 7) is 0.488. The van der Waals surface area contributed by atoms with Crippen LogP contribution in [0, 0.1) is 0 Å². The Hall–Kier alpha value is -2.85. The van der Waals surface area contributed by atoms with Crippen molar-refractivity contribution in [2.75, 3.05) is 5.75 Å². The van der Waals surface area contributed by atoms with E-state index in [0.717, 1.165) is 41.9 Å². The third kappa shape index (κ3) is 8.70. The first kappa shape index (κ1) is 25.2. The molecule has 3 aromatic carbocycles. The minimum Gasteiger partial charge on any atom is -0.489 e. The number of hydrogen-bond donors (Lipinski definition) is 1. The number of ether oxygens (including phenoxy) is 1. The maximum Gasteiger partial charge on any atom is 0.250 e. The molecule has 4 rings (SSSR count). The Balaban J connectivity index is 1.18. The Kier molecular flexibility index (Phi) is 9.59. The Labute approximate surface area is 221 Å². The fourth-order valence-electron chi connectivity index (χ4n) is 2.80. The molecule has 0 saturated carbocycles. The number of amides is 1. The van der Waals surface area contributed by atoms with Gasteiger partial charge < -0.3 is 4.74 Å². The SMILES string of the molecule is O=C(CSc1nnc(SCc2ccc(Cl)cc2)s1)N/N=C/c1cccc(OCc2ccccc2)c1. The molecule has 1 N–H and O–H groups in total. The molecule has 0 spiro atoms. The van der Waals surface area contributed by atoms with Crippen LogP contribution >= 0.6 is 46.5 Å². The molecule has 0 unspecified atom stereocenters. The molecule has 0 fully saturated rings. The normalized spacial score (nSPS) is 11.0. The Morgan fingerprint density at radius 2 is 1.74 bits per heavy atom. The zero-order valence-corrected chi connectivity index (χ0v) is 21.7. The maximum atomic E-state index is 12.1. The molecule has 0 aliphatic rings. The number of hydrogen-bond acceptors (Lipinski definition) is 8. The first-order valence-corrected chi connectivity index (χ1v) is 13.7. The van der Waals surface area contributed by atoms with Gasteiger partial charge in [0.2, 0.25) is 0 Å². The van der Waals surface area contributed by atoms with Crippen LogP contribution in [0.3, 0.4) is 0 Å². The number of nitrogens with one attached hydrogen (secondary N) is 1. The van der Waals surface area contributed by atoms with Crippen molar-refractivity contribution in [1.82, 2.24) is 15.6 Å². The molecular formula is C25H21ClN4O2S3. The van der Waals surface area contributed by atoms with Gasteiger partial charge in [0.05, 0.1) is 12.0 Å². The van der Waals surface area contributed by atoms with Crippen LogP contribution in [0.1, 0.15) is 16.7 Å². The maximum absolute atomic E-state index is 12.1. The highest BCUT2D eigenvalue weighted by molar-refractivity contribution is 8.03. The average molecular weight is 541 g/mol. The summed E-state index contributed by atoms with van der Waals surface area (Å²) in [6.07, 6.45) is 1.59. The smallest absolute Gasteiger partial charge is 0.250 e. The minimum atomic E-state index is -0.215. The Morgan fingerprint density at radius 1 is 0.971 bits per heavy atom. The number of carbonyl (C=O) groups excluding carboxylic acids is 1. The zero-order valence-electron chi connectivity index (χ0n) is 18.5. The predicted octanol–water partition coefficient (Wildman–Crippen LogP) is 6.31. The van der Waals surface area contributed by atoms with Crippen molar-refractivity contribution in [2.45, 2.75) is 21.0 Å². The molecule has 10 heteroatoms. The van der Waals surface area contributed by atoms with Crippen LogP contribution in [-0.4, -0.2) is 28.1 Å². The summed E-state index contributed by atoms with van der Waals surface area (Å²) in [5.74, 6) is 1.51. The molecule has 0 radical (unpaired) electrons. The lowest BCUT2D eigenvalue weighted by atomic mass is 10.2. The topological polar surface area (TPSA) is 76.5 Å². The lowest BCUT2D eigenvalue weighted by Gasteiger charge is -2.06. The van der Waals surface area contributed by atoms with Gasteiger partial charge in [0.25, 0.3) is 5.91 Å². The molecule has 1 heterocycles. The van der Waals surface area contributed by atoms with Gasteiger partial charge in [-0.15, -0.1) is 10.2 Å². The molecule has 6 nitrogen and oxygen atoms in total. The molecule has 0 aliphatic heterocycles. The number of nitrogens with zero attached hydrogens (tertiary/aromatic N) is 3. The van der Waals surface area contributed by atoms with Crippen LogP contribution in [0.5, 0.6) is 5.75 Å². The summed E-state index contributed by atoms with van der Waals surface area (Å²) >= 11 is 10.3. The largest absolute Gasteiger partial charge is 0.489 e. The molecule has 1 amide bonds. The Morgan fingerprint density at radius 3 is 2.54 bits per heavy atom. The summed E-state index contributed by atoms with van der Waals surface area (Å²) in [5.41, 5.74) is 5.63. The van der Waals surface area contributed by atoms with Gasteiger partial charge in [0, 0.05) is 10.8 Å². The number of rotatable bonds is 11. The number of halogens is 1. The summed E-state index contributed by atoms with van der Waals surface area (Å²) in [7, 11) is 0. The van der Waals surface area contributed by atoms with Crippen LogP contribution in [0.2, 0.25) is 5.02 Å². The second-order valence-electron chi connectivity index (χ2n) is 7.18. The first-order valence-electron chi connectivity index (χ1n) is 10.6. The zero-order chi connectivity index (χ0) is 24.3. The molecule has 4 aromatic rings. The summed E-state index contributed by atoms with van der Waals surface area (Å²) in [4.78, 5) is 12.1. The predicted molar refractivity (Wildman–Crippen MR) is 145 cm³/mol. The minimum absolute atomic E-state index is 0.202. The number of benzene rings is 3. The van der Waals surface area contributed by atoms with Crippen molar-refractivity contribution in [3.8, 4) is 5.75 Å². The summed E-state index contributed by atoms with van der Waals surface area (Å²) in [6, 6.07) is 25.2. The van der Waals surface area contributed by atoms with Crippen molar-refractivity contribution < 1.29 is 9.53 Å². The van der Waals surface area contributed by atoms with Crippen molar-refractivity contribution in [3.63, 3.8) is 0 Å². The highest BCUT2D eigenvalue weighted by Gasteiger charge is 2.09. The van der Waals surface area contributed by atoms with Gasteiger partial charge in [-0.3, -0.25) is 4.79 Å². The number of hydrazone groups is 1. The van der Waals surface area contributed by atoms with Crippen LogP contribution in [-0.2, 0) is 17.2 Å². The fraction of sp³-hybridized carbons (Fsp3) is 0.120. The standard InChI is InChI=1S/C25H21ClN4O2S3/c26-21-11-9-19(10-12-21)16-33-24-29-30-25(35-24)34-17-23(31)28-27-14-20-7-4-8-22(13-20)32-15-18-5-2-1-3-6-18/h1-14H,15-17H2,(H,28,31)/b27-14+. The third-order valence-corrected chi connectivity index (χ3v) is 8.01. The van der Waals surface area contributed by atoms with E-state index < -0.39 is 0 Å². The van der Waals surface area contributed by atoms with Crippen LogP contribution in [0.15, 0.2) is 92.6 Å². The van der Waals surface area contributed by atoms with Crippen molar-refractivity contribution in [3.05, 3.63) is 101 Å². The van der Waals surface area contributed by atoms with E-state index >= 15 is 0 Å². The Bertz CT molecular complexity index is 1270. The van der Waals surface area contributed by atoms with Gasteiger partial charge in [-0.05, 0) is 41.0 Å². The summed E-state index contributed by atoms with van der Waals surface area (Å²) < 4.78 is 7.42. The molecule has 0 atom stereocenters. The average Bonchev–Trinajstić information content (AvgIpc) is 3.35. The van der Waals surface area contributed by atoms with E-state index in [2.05, 4.69) is 20.7 Å². The molecule has 178 valence electrons. The van der Waals surface area contributed by atoms with Crippen LogP contribution < -0.4 is 10.2 Å². The summed E-state index contributed by atoms with van der Waals surface area (Å²) in [5, 5.41) is 13.1. The van der Waals surface area contributed by atoms with Crippen LogP contribution in [0.25, 0.3) is 0 Å². The lowest BCUT2D eigenvalue weighted by molar-refractivity contribution is -0.118. The van der Waals surface area contributed by atoms with Crippen LogP contribution in [0.4, 0.5) is 0 Å². The number of thioether (sulfide) groups is 2. The number of aromatic nitrogens is 2. The number of carbonyl (C=O) groups is 1. The van der Waals surface area contributed by atoms with E-state index in [1.165, 1.54) is 23.1 Å². The molecule has 1 aromatic heterocycles. The highest BCUT2D eigenvalue weighted by Crippen LogP contribution is 2.30. The van der Waals surface area contributed by atoms with E-state index in [-0.39, 0.29) is 11.7 Å².